The molecule has 24 heavy (non-hydrogen) atoms. The molecule has 1 aromatic heterocycles. The lowest BCUT2D eigenvalue weighted by molar-refractivity contribution is 0.167. The van der Waals surface area contributed by atoms with Gasteiger partial charge in [0, 0.05) is 25.8 Å². The normalized spacial score (nSPS) is 12.0. The number of carbonyl (C=O) groups is 1. The molecule has 0 saturated carbocycles. The Morgan fingerprint density at radius 3 is 2.50 bits per heavy atom. The van der Waals surface area contributed by atoms with Crippen molar-refractivity contribution in [3.8, 4) is 0 Å². The van der Waals surface area contributed by atoms with E-state index in [0.717, 1.165) is 23.4 Å². The van der Waals surface area contributed by atoms with E-state index in [1.54, 1.807) is 0 Å². The van der Waals surface area contributed by atoms with Crippen molar-refractivity contribution in [2.24, 2.45) is 7.05 Å². The maximum atomic E-state index is 11.8. The Labute approximate surface area is 142 Å². The van der Waals surface area contributed by atoms with Crippen LogP contribution in [0.25, 0.3) is 0 Å². The first-order valence-electron chi connectivity index (χ1n) is 8.23. The fourth-order valence-electron chi connectivity index (χ4n) is 2.71. The maximum Gasteiger partial charge on any atom is 0.314 e. The minimum absolute atomic E-state index is 0.213. The number of rotatable bonds is 7. The third kappa shape index (κ3) is 4.83. The van der Waals surface area contributed by atoms with Crippen LogP contribution in [-0.2, 0) is 13.5 Å². The van der Waals surface area contributed by atoms with Gasteiger partial charge in [-0.1, -0.05) is 30.3 Å². The first-order chi connectivity index (χ1) is 11.5. The zero-order valence-corrected chi connectivity index (χ0v) is 14.5. The lowest BCUT2D eigenvalue weighted by Crippen LogP contribution is -2.37. The number of nitrogens with zero attached hydrogens (tertiary/aromatic N) is 2. The Kier molecular flexibility index (Phi) is 6.37. The van der Waals surface area contributed by atoms with Crippen LogP contribution in [0.2, 0.25) is 0 Å². The van der Waals surface area contributed by atoms with Crippen molar-refractivity contribution in [3.63, 3.8) is 0 Å². The standard InChI is InChI=1S/C18H26N4O2/c1-13-16(14(2)22(3)21-13)9-11-19-18(24)20-12-10-17(23)15-7-5-4-6-8-15/h4-8,17,23H,9-12H2,1-3H3,(H2,19,20,24). The number of hydrogen-bond donors (Lipinski definition) is 3. The first-order valence-corrected chi connectivity index (χ1v) is 8.23. The number of amides is 2. The maximum absolute atomic E-state index is 11.8. The Bertz CT molecular complexity index is 667. The third-order valence-electron chi connectivity index (χ3n) is 4.21. The predicted molar refractivity (Wildman–Crippen MR) is 93.8 cm³/mol. The summed E-state index contributed by atoms with van der Waals surface area (Å²) in [6, 6.07) is 9.23. The molecule has 0 bridgehead atoms. The average Bonchev–Trinajstić information content (AvgIpc) is 2.81. The van der Waals surface area contributed by atoms with Gasteiger partial charge in [0.05, 0.1) is 11.8 Å². The highest BCUT2D eigenvalue weighted by atomic mass is 16.3. The van der Waals surface area contributed by atoms with Crippen molar-refractivity contribution in [2.45, 2.75) is 32.8 Å². The number of carbonyl (C=O) groups excluding carboxylic acids is 1. The number of urea groups is 1. The molecular weight excluding hydrogens is 304 g/mol. The number of benzene rings is 1. The SMILES string of the molecule is Cc1nn(C)c(C)c1CCNC(=O)NCCC(O)c1ccccc1. The van der Waals surface area contributed by atoms with Crippen molar-refractivity contribution in [1.29, 1.82) is 0 Å². The summed E-state index contributed by atoms with van der Waals surface area (Å²) in [4.78, 5) is 11.8. The van der Waals surface area contributed by atoms with Gasteiger partial charge in [-0.05, 0) is 37.8 Å². The fourth-order valence-corrected chi connectivity index (χ4v) is 2.71. The Balaban J connectivity index is 1.67. The number of hydrogen-bond acceptors (Lipinski definition) is 3. The van der Waals surface area contributed by atoms with Gasteiger partial charge in [0.15, 0.2) is 0 Å². The van der Waals surface area contributed by atoms with E-state index in [1.165, 1.54) is 5.56 Å². The van der Waals surface area contributed by atoms with Gasteiger partial charge in [0.2, 0.25) is 0 Å². The van der Waals surface area contributed by atoms with Gasteiger partial charge < -0.3 is 15.7 Å². The number of aliphatic hydroxyl groups is 1. The summed E-state index contributed by atoms with van der Waals surface area (Å²) in [6.07, 6.45) is 0.677. The molecule has 3 N–H and O–H groups in total. The molecule has 130 valence electrons. The third-order valence-corrected chi connectivity index (χ3v) is 4.21. The van der Waals surface area contributed by atoms with Crippen LogP contribution < -0.4 is 10.6 Å². The van der Waals surface area contributed by atoms with E-state index in [4.69, 9.17) is 0 Å². The smallest absolute Gasteiger partial charge is 0.314 e. The van der Waals surface area contributed by atoms with E-state index in [9.17, 15) is 9.90 Å². The highest BCUT2D eigenvalue weighted by molar-refractivity contribution is 5.73. The van der Waals surface area contributed by atoms with Crippen LogP contribution in [0.3, 0.4) is 0 Å². The van der Waals surface area contributed by atoms with Crippen LogP contribution in [0.4, 0.5) is 4.79 Å². The van der Waals surface area contributed by atoms with Crippen molar-refractivity contribution >= 4 is 6.03 Å². The summed E-state index contributed by atoms with van der Waals surface area (Å²) in [7, 11) is 1.92. The first kappa shape index (κ1) is 18.0. The fraction of sp³-hybridized carbons (Fsp3) is 0.444. The summed E-state index contributed by atoms with van der Waals surface area (Å²) in [5.41, 5.74) is 4.17. The molecule has 2 aromatic rings. The highest BCUT2D eigenvalue weighted by Crippen LogP contribution is 2.15. The molecule has 6 heteroatoms. The lowest BCUT2D eigenvalue weighted by atomic mass is 10.1. The highest BCUT2D eigenvalue weighted by Gasteiger charge is 2.10. The quantitative estimate of drug-likeness (QED) is 0.726. The van der Waals surface area contributed by atoms with Gasteiger partial charge in [-0.15, -0.1) is 0 Å². The molecule has 1 unspecified atom stereocenters. The van der Waals surface area contributed by atoms with Crippen molar-refractivity contribution < 1.29 is 9.90 Å². The molecule has 0 aliphatic rings. The molecule has 0 radical (unpaired) electrons. The van der Waals surface area contributed by atoms with E-state index < -0.39 is 6.10 Å². The summed E-state index contributed by atoms with van der Waals surface area (Å²) in [5, 5.41) is 20.0. The largest absolute Gasteiger partial charge is 0.388 e. The Hall–Kier alpha value is -2.34. The second kappa shape index (κ2) is 8.49. The monoisotopic (exact) mass is 330 g/mol. The van der Waals surface area contributed by atoms with Crippen LogP contribution in [0.5, 0.6) is 0 Å². The molecule has 2 rings (SSSR count). The summed E-state index contributed by atoms with van der Waals surface area (Å²) in [5.74, 6) is 0. The van der Waals surface area contributed by atoms with E-state index in [-0.39, 0.29) is 6.03 Å². The van der Waals surface area contributed by atoms with E-state index in [1.807, 2.05) is 55.9 Å². The molecule has 1 atom stereocenters. The van der Waals surface area contributed by atoms with Crippen LogP contribution in [0, 0.1) is 13.8 Å². The van der Waals surface area contributed by atoms with Gasteiger partial charge in [0.1, 0.15) is 0 Å². The van der Waals surface area contributed by atoms with Crippen LogP contribution >= 0.6 is 0 Å². The molecule has 0 fully saturated rings. The van der Waals surface area contributed by atoms with Gasteiger partial charge in [0.25, 0.3) is 0 Å². The molecule has 0 saturated heterocycles. The van der Waals surface area contributed by atoms with E-state index >= 15 is 0 Å². The lowest BCUT2D eigenvalue weighted by Gasteiger charge is -2.12. The number of aromatic nitrogens is 2. The Morgan fingerprint density at radius 2 is 1.88 bits per heavy atom. The number of nitrogens with one attached hydrogen (secondary N) is 2. The predicted octanol–water partition coefficient (Wildman–Crippen LogP) is 2.00. The molecule has 0 aliphatic carbocycles. The van der Waals surface area contributed by atoms with Gasteiger partial charge >= 0.3 is 6.03 Å². The zero-order valence-electron chi connectivity index (χ0n) is 14.5. The Morgan fingerprint density at radius 1 is 1.21 bits per heavy atom. The molecular formula is C18H26N4O2. The molecule has 2 amide bonds. The summed E-state index contributed by atoms with van der Waals surface area (Å²) < 4.78 is 1.86. The van der Waals surface area contributed by atoms with Gasteiger partial charge in [-0.25, -0.2) is 4.79 Å². The zero-order chi connectivity index (χ0) is 17.5. The minimum atomic E-state index is -0.563. The van der Waals surface area contributed by atoms with Crippen LogP contribution in [-0.4, -0.2) is 34.0 Å². The van der Waals surface area contributed by atoms with Crippen molar-refractivity contribution in [3.05, 3.63) is 52.8 Å². The molecule has 1 heterocycles. The summed E-state index contributed by atoms with van der Waals surface area (Å²) >= 11 is 0. The average molecular weight is 330 g/mol. The molecule has 6 nitrogen and oxygen atoms in total. The van der Waals surface area contributed by atoms with Crippen LogP contribution in [0.1, 0.15) is 35.0 Å². The number of aryl methyl sites for hydroxylation is 2. The van der Waals surface area contributed by atoms with Crippen LogP contribution in [0.15, 0.2) is 30.3 Å². The molecule has 1 aromatic carbocycles. The minimum Gasteiger partial charge on any atom is -0.388 e. The molecule has 0 spiro atoms. The number of aliphatic hydroxyl groups excluding tert-OH is 1. The van der Waals surface area contributed by atoms with Crippen molar-refractivity contribution in [2.75, 3.05) is 13.1 Å². The van der Waals surface area contributed by atoms with Crippen molar-refractivity contribution in [1.82, 2.24) is 20.4 Å². The van der Waals surface area contributed by atoms with E-state index in [2.05, 4.69) is 15.7 Å². The van der Waals surface area contributed by atoms with Gasteiger partial charge in [-0.2, -0.15) is 5.10 Å². The topological polar surface area (TPSA) is 79.2 Å². The second-order valence-corrected chi connectivity index (χ2v) is 5.92. The molecule has 0 aliphatic heterocycles. The summed E-state index contributed by atoms with van der Waals surface area (Å²) in [6.45, 7) is 4.99. The van der Waals surface area contributed by atoms with Gasteiger partial charge in [-0.3, -0.25) is 4.68 Å². The second-order valence-electron chi connectivity index (χ2n) is 5.92. The van der Waals surface area contributed by atoms with E-state index in [0.29, 0.717) is 19.5 Å².